The van der Waals surface area contributed by atoms with Crippen molar-refractivity contribution in [1.29, 1.82) is 0 Å². The Balaban J connectivity index is 2.84. The molecule has 0 aliphatic carbocycles. The first-order valence-corrected chi connectivity index (χ1v) is 8.02. The normalized spacial score (nSPS) is 11.3. The number of para-hydroxylation sites is 1. The van der Waals surface area contributed by atoms with E-state index >= 15 is 0 Å². The molecular weight excluding hydrogens is 244 g/mol. The lowest BCUT2D eigenvalue weighted by Gasteiger charge is -2.28. The first kappa shape index (κ1) is 17.0. The van der Waals surface area contributed by atoms with Crippen LogP contribution in [0.3, 0.4) is 0 Å². The number of anilines is 1. The predicted molar refractivity (Wildman–Crippen MR) is 90.3 cm³/mol. The van der Waals surface area contributed by atoms with Crippen LogP contribution in [0, 0.1) is 11.8 Å². The SMILES string of the molecule is CNCc1ccccc1N(CCC(C)C)CCC(C)C. The van der Waals surface area contributed by atoms with Gasteiger partial charge in [-0.2, -0.15) is 0 Å². The lowest BCUT2D eigenvalue weighted by Crippen LogP contribution is -2.29. The Kier molecular flexibility index (Phi) is 7.68. The first-order valence-electron chi connectivity index (χ1n) is 8.02. The van der Waals surface area contributed by atoms with Crippen molar-refractivity contribution in [1.82, 2.24) is 5.32 Å². The second-order valence-corrected chi connectivity index (χ2v) is 6.51. The summed E-state index contributed by atoms with van der Waals surface area (Å²) in [6.45, 7) is 12.5. The van der Waals surface area contributed by atoms with Gasteiger partial charge in [-0.15, -0.1) is 0 Å². The van der Waals surface area contributed by atoms with Crippen molar-refractivity contribution >= 4 is 5.69 Å². The first-order chi connectivity index (χ1) is 9.54. The van der Waals surface area contributed by atoms with Gasteiger partial charge < -0.3 is 10.2 Å². The molecule has 1 rings (SSSR count). The molecule has 2 nitrogen and oxygen atoms in total. The molecular formula is C18H32N2. The van der Waals surface area contributed by atoms with Crippen molar-refractivity contribution in [3.63, 3.8) is 0 Å². The summed E-state index contributed by atoms with van der Waals surface area (Å²) in [5.74, 6) is 1.51. The molecule has 0 saturated carbocycles. The van der Waals surface area contributed by atoms with E-state index in [2.05, 4.69) is 62.2 Å². The fourth-order valence-electron chi connectivity index (χ4n) is 2.34. The third-order valence-electron chi connectivity index (χ3n) is 3.65. The Morgan fingerprint density at radius 2 is 1.50 bits per heavy atom. The van der Waals surface area contributed by atoms with E-state index in [0.717, 1.165) is 31.5 Å². The quantitative estimate of drug-likeness (QED) is 0.723. The summed E-state index contributed by atoms with van der Waals surface area (Å²) < 4.78 is 0. The zero-order chi connectivity index (χ0) is 15.0. The summed E-state index contributed by atoms with van der Waals surface area (Å²) in [6, 6.07) is 8.81. The van der Waals surface area contributed by atoms with Crippen LogP contribution in [0.2, 0.25) is 0 Å². The van der Waals surface area contributed by atoms with E-state index in [1.165, 1.54) is 24.1 Å². The highest BCUT2D eigenvalue weighted by molar-refractivity contribution is 5.53. The molecule has 1 aromatic rings. The van der Waals surface area contributed by atoms with Crippen molar-refractivity contribution in [3.8, 4) is 0 Å². The number of benzene rings is 1. The molecule has 1 aromatic carbocycles. The molecule has 1 N–H and O–H groups in total. The molecule has 0 saturated heterocycles. The molecule has 2 heteroatoms. The van der Waals surface area contributed by atoms with E-state index in [-0.39, 0.29) is 0 Å². The van der Waals surface area contributed by atoms with E-state index in [9.17, 15) is 0 Å². The van der Waals surface area contributed by atoms with Gasteiger partial charge in [0.25, 0.3) is 0 Å². The fraction of sp³-hybridized carbons (Fsp3) is 0.667. The topological polar surface area (TPSA) is 15.3 Å². The van der Waals surface area contributed by atoms with Crippen molar-refractivity contribution in [2.45, 2.75) is 47.1 Å². The Hall–Kier alpha value is -1.02. The van der Waals surface area contributed by atoms with Gasteiger partial charge >= 0.3 is 0 Å². The number of nitrogens with zero attached hydrogens (tertiary/aromatic N) is 1. The number of hydrogen-bond donors (Lipinski definition) is 1. The number of hydrogen-bond acceptors (Lipinski definition) is 2. The van der Waals surface area contributed by atoms with E-state index in [1.54, 1.807) is 0 Å². The Bertz CT molecular complexity index is 359. The molecule has 20 heavy (non-hydrogen) atoms. The highest BCUT2D eigenvalue weighted by atomic mass is 15.1. The van der Waals surface area contributed by atoms with Gasteiger partial charge in [-0.1, -0.05) is 45.9 Å². The predicted octanol–water partition coefficient (Wildman–Crippen LogP) is 4.30. The van der Waals surface area contributed by atoms with E-state index < -0.39 is 0 Å². The number of rotatable bonds is 9. The van der Waals surface area contributed by atoms with Crippen LogP contribution in [-0.2, 0) is 6.54 Å². The van der Waals surface area contributed by atoms with Gasteiger partial charge in [-0.25, -0.2) is 0 Å². The Labute approximate surface area is 125 Å². The molecule has 114 valence electrons. The molecule has 0 aliphatic heterocycles. The molecule has 0 bridgehead atoms. The largest absolute Gasteiger partial charge is 0.371 e. The Morgan fingerprint density at radius 3 is 2.00 bits per heavy atom. The van der Waals surface area contributed by atoms with Crippen molar-refractivity contribution in [2.24, 2.45) is 11.8 Å². The minimum atomic E-state index is 0.757. The average molecular weight is 276 g/mol. The molecule has 0 unspecified atom stereocenters. The van der Waals surface area contributed by atoms with Gasteiger partial charge in [0.1, 0.15) is 0 Å². The van der Waals surface area contributed by atoms with E-state index in [0.29, 0.717) is 0 Å². The molecule has 0 fully saturated rings. The third kappa shape index (κ3) is 5.96. The molecule has 0 atom stereocenters. The zero-order valence-electron chi connectivity index (χ0n) is 13.9. The van der Waals surface area contributed by atoms with Gasteiger partial charge in [0.2, 0.25) is 0 Å². The maximum absolute atomic E-state index is 3.28. The molecule has 0 radical (unpaired) electrons. The third-order valence-corrected chi connectivity index (χ3v) is 3.65. The summed E-state index contributed by atoms with van der Waals surface area (Å²) in [4.78, 5) is 2.58. The van der Waals surface area contributed by atoms with Crippen LogP contribution in [0.15, 0.2) is 24.3 Å². The zero-order valence-corrected chi connectivity index (χ0v) is 13.9. The van der Waals surface area contributed by atoms with E-state index in [1.807, 2.05) is 7.05 Å². The Morgan fingerprint density at radius 1 is 0.950 bits per heavy atom. The maximum atomic E-state index is 3.28. The molecule has 0 aliphatic rings. The van der Waals surface area contributed by atoms with E-state index in [4.69, 9.17) is 0 Å². The highest BCUT2D eigenvalue weighted by Gasteiger charge is 2.11. The van der Waals surface area contributed by atoms with Gasteiger partial charge in [-0.05, 0) is 43.4 Å². The average Bonchev–Trinajstić information content (AvgIpc) is 2.40. The van der Waals surface area contributed by atoms with Crippen LogP contribution in [0.25, 0.3) is 0 Å². The van der Waals surface area contributed by atoms with Gasteiger partial charge in [0, 0.05) is 25.3 Å². The summed E-state index contributed by atoms with van der Waals surface area (Å²) in [5, 5.41) is 3.28. The minimum absolute atomic E-state index is 0.757. The van der Waals surface area contributed by atoms with Crippen molar-refractivity contribution in [2.75, 3.05) is 25.0 Å². The van der Waals surface area contributed by atoms with Gasteiger partial charge in [0.05, 0.1) is 0 Å². The molecule has 0 spiro atoms. The number of nitrogens with one attached hydrogen (secondary N) is 1. The second-order valence-electron chi connectivity index (χ2n) is 6.51. The smallest absolute Gasteiger partial charge is 0.0411 e. The summed E-state index contributed by atoms with van der Waals surface area (Å²) in [6.07, 6.45) is 2.51. The molecule has 0 heterocycles. The molecule has 0 aromatic heterocycles. The monoisotopic (exact) mass is 276 g/mol. The highest BCUT2D eigenvalue weighted by Crippen LogP contribution is 2.22. The van der Waals surface area contributed by atoms with Crippen molar-refractivity contribution < 1.29 is 0 Å². The summed E-state index contributed by atoms with van der Waals surface area (Å²) >= 11 is 0. The summed E-state index contributed by atoms with van der Waals surface area (Å²) in [5.41, 5.74) is 2.81. The second kappa shape index (κ2) is 9.02. The molecule has 0 amide bonds. The van der Waals surface area contributed by atoms with Crippen LogP contribution in [-0.4, -0.2) is 20.1 Å². The van der Waals surface area contributed by atoms with Crippen molar-refractivity contribution in [3.05, 3.63) is 29.8 Å². The van der Waals surface area contributed by atoms with Crippen LogP contribution in [0.5, 0.6) is 0 Å². The minimum Gasteiger partial charge on any atom is -0.371 e. The fourth-order valence-corrected chi connectivity index (χ4v) is 2.34. The van der Waals surface area contributed by atoms with Crippen LogP contribution >= 0.6 is 0 Å². The van der Waals surface area contributed by atoms with Gasteiger partial charge in [-0.3, -0.25) is 0 Å². The standard InChI is InChI=1S/C18H32N2/c1-15(2)10-12-20(13-11-16(3)4)18-9-7-6-8-17(18)14-19-5/h6-9,15-16,19H,10-14H2,1-5H3. The van der Waals surface area contributed by atoms with Crippen LogP contribution in [0.4, 0.5) is 5.69 Å². The van der Waals surface area contributed by atoms with Crippen LogP contribution < -0.4 is 10.2 Å². The lowest BCUT2D eigenvalue weighted by atomic mass is 10.1. The van der Waals surface area contributed by atoms with Gasteiger partial charge in [0.15, 0.2) is 0 Å². The maximum Gasteiger partial charge on any atom is 0.0411 e. The lowest BCUT2D eigenvalue weighted by molar-refractivity contribution is 0.534. The summed E-state index contributed by atoms with van der Waals surface area (Å²) in [7, 11) is 2.02. The van der Waals surface area contributed by atoms with Crippen LogP contribution in [0.1, 0.15) is 46.1 Å².